The number of phenolic OH excluding ortho intramolecular Hbond substituents is 1. The number of sulfonamides is 2. The van der Waals surface area contributed by atoms with Gasteiger partial charge in [0.1, 0.15) is 15.5 Å². The van der Waals surface area contributed by atoms with E-state index in [1.165, 1.54) is 36.4 Å². The first-order valence-corrected chi connectivity index (χ1v) is 21.2. The third-order valence-corrected chi connectivity index (χ3v) is 14.5. The maximum Gasteiger partial charge on any atom is 0.252 e. The van der Waals surface area contributed by atoms with Crippen LogP contribution in [-0.4, -0.2) is 41.3 Å². The molecule has 0 aromatic heterocycles. The Kier molecular flexibility index (Phi) is 14.3. The SMILES string of the molecule is CC(C)(C)[Si](C)(C)Oc1ccccc1F.NS(=O)(=O)c1cc(C(=O)Cl)ccc1Cl.NS(=O)(=O)c1cc(C(=O)c2ccc(O)c(F)c2)ccc1Cl. The zero-order valence-electron chi connectivity index (χ0n) is 27.2. The van der Waals surface area contributed by atoms with Crippen molar-refractivity contribution < 1.29 is 44.7 Å². The number of para-hydroxylation sites is 1. The Morgan fingerprint density at radius 3 is 1.62 bits per heavy atom. The maximum atomic E-state index is 13.4. The van der Waals surface area contributed by atoms with Crippen molar-refractivity contribution in [3.05, 3.63) is 117 Å². The summed E-state index contributed by atoms with van der Waals surface area (Å²) < 4.78 is 77.2. The van der Waals surface area contributed by atoms with Crippen LogP contribution in [0.4, 0.5) is 8.78 Å². The van der Waals surface area contributed by atoms with Crippen LogP contribution in [0.25, 0.3) is 0 Å². The van der Waals surface area contributed by atoms with Gasteiger partial charge in [-0.2, -0.15) is 0 Å². The minimum atomic E-state index is -4.08. The molecular weight excluding hydrogens is 777 g/mol. The Hall–Kier alpha value is -3.41. The first-order valence-electron chi connectivity index (χ1n) is 14.1. The Morgan fingerprint density at radius 2 is 1.18 bits per heavy atom. The van der Waals surface area contributed by atoms with Crippen LogP contribution in [0.15, 0.2) is 88.7 Å². The van der Waals surface area contributed by atoms with Gasteiger partial charge in [0.25, 0.3) is 13.6 Å². The van der Waals surface area contributed by atoms with E-state index in [0.29, 0.717) is 5.75 Å². The van der Waals surface area contributed by atoms with E-state index in [9.17, 15) is 35.2 Å². The standard InChI is InChI=1S/C13H9ClFNO4S.C12H19FOSi.C7H5Cl2NO3S/c14-9-3-1-8(6-12(9)21(16,19)20)13(18)7-2-4-11(17)10(15)5-7;1-12(2,3)15(4,5)14-11-9-7-6-8-10(11)13;8-5-2-1-4(7(9)11)3-6(5)14(10,12)13/h1-6,17H,(H2,16,19,20);6-9H,1-5H3;1-3H,(H2,10,12,13). The van der Waals surface area contributed by atoms with E-state index in [4.69, 9.17) is 54.6 Å². The predicted octanol–water partition coefficient (Wildman–Crippen LogP) is 7.64. The minimum Gasteiger partial charge on any atom is -0.542 e. The highest BCUT2D eigenvalue weighted by molar-refractivity contribution is 7.89. The van der Waals surface area contributed by atoms with Crippen LogP contribution in [-0.2, 0) is 20.0 Å². The third kappa shape index (κ3) is 11.8. The molecule has 0 aliphatic heterocycles. The van der Waals surface area contributed by atoms with Crippen LogP contribution in [0.3, 0.4) is 0 Å². The van der Waals surface area contributed by atoms with Crippen LogP contribution in [0, 0.1) is 11.6 Å². The quantitative estimate of drug-likeness (QED) is 0.0967. The van der Waals surface area contributed by atoms with Crippen molar-refractivity contribution >= 4 is 74.2 Å². The van der Waals surface area contributed by atoms with Crippen molar-refractivity contribution in [3.8, 4) is 11.5 Å². The van der Waals surface area contributed by atoms with Crippen LogP contribution in [0.2, 0.25) is 28.2 Å². The molecule has 5 N–H and O–H groups in total. The number of aromatic hydroxyl groups is 1. The Bertz CT molecular complexity index is 2130. The van der Waals surface area contributed by atoms with E-state index in [1.807, 2.05) is 0 Å². The summed E-state index contributed by atoms with van der Waals surface area (Å²) in [7, 11) is -9.93. The van der Waals surface area contributed by atoms with E-state index in [0.717, 1.165) is 24.3 Å². The lowest BCUT2D eigenvalue weighted by Gasteiger charge is -2.36. The average Bonchev–Trinajstić information content (AvgIpc) is 2.98. The fourth-order valence-electron chi connectivity index (χ4n) is 3.48. The maximum absolute atomic E-state index is 13.4. The Morgan fingerprint density at radius 1 is 0.740 bits per heavy atom. The van der Waals surface area contributed by atoms with Crippen molar-refractivity contribution in [1.29, 1.82) is 0 Å². The van der Waals surface area contributed by atoms with Gasteiger partial charge in [-0.05, 0) is 96.5 Å². The van der Waals surface area contributed by atoms with Gasteiger partial charge in [0.15, 0.2) is 23.2 Å². The molecule has 0 aliphatic rings. The smallest absolute Gasteiger partial charge is 0.252 e. The van der Waals surface area contributed by atoms with Gasteiger partial charge in [0.05, 0.1) is 10.0 Å². The molecule has 0 spiro atoms. The van der Waals surface area contributed by atoms with Gasteiger partial charge < -0.3 is 9.53 Å². The normalized spacial score (nSPS) is 11.8. The monoisotopic (exact) mass is 808 g/mol. The van der Waals surface area contributed by atoms with Crippen molar-refractivity contribution in [2.75, 3.05) is 0 Å². The number of carbonyl (C=O) groups excluding carboxylic acids is 2. The van der Waals surface area contributed by atoms with E-state index < -0.39 is 55.9 Å². The van der Waals surface area contributed by atoms with Gasteiger partial charge in [-0.25, -0.2) is 35.9 Å². The molecule has 0 saturated carbocycles. The zero-order chi connectivity index (χ0) is 38.4. The second-order valence-electron chi connectivity index (χ2n) is 11.9. The van der Waals surface area contributed by atoms with Gasteiger partial charge in [-0.1, -0.05) is 56.1 Å². The summed E-state index contributed by atoms with van der Waals surface area (Å²) in [6.45, 7) is 10.6. The summed E-state index contributed by atoms with van der Waals surface area (Å²) in [5.41, 5.74) is -0.0402. The van der Waals surface area contributed by atoms with Crippen molar-refractivity contribution in [2.45, 2.75) is 48.7 Å². The number of hydrogen-bond acceptors (Lipinski definition) is 8. The van der Waals surface area contributed by atoms with Crippen LogP contribution in [0.1, 0.15) is 47.1 Å². The zero-order valence-corrected chi connectivity index (χ0v) is 32.1. The number of nitrogens with two attached hydrogens (primary N) is 2. The summed E-state index contributed by atoms with van der Waals surface area (Å²) in [5.74, 6) is -2.07. The topological polar surface area (TPSA) is 184 Å². The van der Waals surface area contributed by atoms with E-state index in [-0.39, 0.29) is 42.5 Å². The molecule has 0 unspecified atom stereocenters. The van der Waals surface area contributed by atoms with Gasteiger partial charge in [0.2, 0.25) is 20.0 Å². The largest absolute Gasteiger partial charge is 0.542 e. The van der Waals surface area contributed by atoms with Gasteiger partial charge in [-0.15, -0.1) is 0 Å². The van der Waals surface area contributed by atoms with Crippen LogP contribution >= 0.6 is 34.8 Å². The summed E-state index contributed by atoms with van der Waals surface area (Å²) in [6.07, 6.45) is 0. The first kappa shape index (κ1) is 42.8. The first-order chi connectivity index (χ1) is 22.8. The third-order valence-electron chi connectivity index (χ3n) is 7.18. The molecule has 10 nitrogen and oxygen atoms in total. The number of hydrogen-bond donors (Lipinski definition) is 3. The molecular formula is C32H33Cl3F2N2O8S2Si. The molecule has 270 valence electrons. The molecule has 0 radical (unpaired) electrons. The van der Waals surface area contributed by atoms with Crippen LogP contribution in [0.5, 0.6) is 11.5 Å². The van der Waals surface area contributed by atoms with Crippen molar-refractivity contribution in [3.63, 3.8) is 0 Å². The molecule has 4 rings (SSSR count). The molecule has 0 atom stereocenters. The Balaban J connectivity index is 0.000000268. The molecule has 50 heavy (non-hydrogen) atoms. The molecule has 0 aliphatic carbocycles. The second kappa shape index (κ2) is 16.7. The number of primary sulfonamides is 2. The lowest BCUT2D eigenvalue weighted by molar-refractivity contribution is 0.103. The van der Waals surface area contributed by atoms with Gasteiger partial charge >= 0.3 is 0 Å². The van der Waals surface area contributed by atoms with Gasteiger partial charge in [0, 0.05) is 16.7 Å². The number of halogens is 5. The number of benzene rings is 4. The summed E-state index contributed by atoms with van der Waals surface area (Å²) in [5, 5.41) is 18.1. The van der Waals surface area contributed by atoms with Crippen LogP contribution < -0.4 is 14.7 Å². The number of carbonyl (C=O) groups is 2. The fraction of sp³-hybridized carbons (Fsp3) is 0.188. The summed E-state index contributed by atoms with van der Waals surface area (Å²) >= 11 is 16.4. The van der Waals surface area contributed by atoms with E-state index in [2.05, 4.69) is 33.9 Å². The summed E-state index contributed by atoms with van der Waals surface area (Å²) in [6, 6.07) is 16.8. The molecule has 0 saturated heterocycles. The number of phenols is 1. The summed E-state index contributed by atoms with van der Waals surface area (Å²) in [4.78, 5) is 22.2. The molecule has 0 amide bonds. The predicted molar refractivity (Wildman–Crippen MR) is 192 cm³/mol. The molecule has 0 fully saturated rings. The fourth-order valence-corrected chi connectivity index (χ4v) is 6.76. The number of ketones is 1. The lowest BCUT2D eigenvalue weighted by atomic mass is 10.0. The lowest BCUT2D eigenvalue weighted by Crippen LogP contribution is -2.44. The minimum absolute atomic E-state index is 0.0199. The van der Waals surface area contributed by atoms with E-state index >= 15 is 0 Å². The molecule has 0 bridgehead atoms. The Labute approximate surface area is 305 Å². The number of rotatable bonds is 7. The van der Waals surface area contributed by atoms with Crippen molar-refractivity contribution in [1.82, 2.24) is 0 Å². The molecule has 4 aromatic rings. The van der Waals surface area contributed by atoms with Crippen molar-refractivity contribution in [2.24, 2.45) is 10.3 Å². The van der Waals surface area contributed by atoms with Gasteiger partial charge in [-0.3, -0.25) is 9.59 Å². The highest BCUT2D eigenvalue weighted by Crippen LogP contribution is 2.37. The molecule has 4 aromatic carbocycles. The molecule has 18 heteroatoms. The van der Waals surface area contributed by atoms with E-state index in [1.54, 1.807) is 18.2 Å². The molecule has 0 heterocycles. The second-order valence-corrected chi connectivity index (χ2v) is 20.9. The average molecular weight is 810 g/mol. The highest BCUT2D eigenvalue weighted by atomic mass is 35.5. The highest BCUT2D eigenvalue weighted by Gasteiger charge is 2.39.